The number of Topliss-reactive ketones (excluding diaryl/α,β-unsaturated/α-hetero) is 2. The molecule has 6 rings (SSSR count). The number of nitrogens with one attached hydrogen (secondary N) is 1. The van der Waals surface area contributed by atoms with Gasteiger partial charge in [-0.1, -0.05) is 87.0 Å². The molecule has 3 aliphatic rings. The highest BCUT2D eigenvalue weighted by atomic mass is 16.2. The molecular formula is C33H32N2O3. The first-order chi connectivity index (χ1) is 18.1. The van der Waals surface area contributed by atoms with Crippen LogP contribution in [0.3, 0.4) is 0 Å². The lowest BCUT2D eigenvalue weighted by molar-refractivity contribution is -0.128. The predicted octanol–water partition coefficient (Wildman–Crippen LogP) is 5.97. The minimum absolute atomic E-state index is 0.0506. The van der Waals surface area contributed by atoms with Crippen molar-refractivity contribution in [3.63, 3.8) is 0 Å². The number of hydrogen-bond acceptors (Lipinski definition) is 4. The molecule has 3 aromatic carbocycles. The third kappa shape index (κ3) is 3.20. The van der Waals surface area contributed by atoms with Crippen LogP contribution in [0.5, 0.6) is 0 Å². The van der Waals surface area contributed by atoms with Gasteiger partial charge in [0.15, 0.2) is 11.6 Å². The number of carbonyl (C=O) groups excluding carboxylic acids is 3. The van der Waals surface area contributed by atoms with E-state index < -0.39 is 28.8 Å². The summed E-state index contributed by atoms with van der Waals surface area (Å²) in [6.45, 7) is 9.77. The third-order valence-corrected chi connectivity index (χ3v) is 8.48. The van der Waals surface area contributed by atoms with Crippen LogP contribution in [-0.4, -0.2) is 29.6 Å². The van der Waals surface area contributed by atoms with Crippen molar-refractivity contribution in [3.8, 4) is 0 Å². The fourth-order valence-corrected chi connectivity index (χ4v) is 6.77. The molecule has 0 bridgehead atoms. The highest BCUT2D eigenvalue weighted by Gasteiger charge is 2.71. The summed E-state index contributed by atoms with van der Waals surface area (Å²) in [7, 11) is 0. The molecule has 3 heterocycles. The van der Waals surface area contributed by atoms with E-state index in [-0.39, 0.29) is 17.5 Å². The Morgan fingerprint density at radius 1 is 0.921 bits per heavy atom. The van der Waals surface area contributed by atoms with Crippen molar-refractivity contribution in [2.24, 2.45) is 11.3 Å². The van der Waals surface area contributed by atoms with Crippen molar-refractivity contribution < 1.29 is 14.4 Å². The predicted molar refractivity (Wildman–Crippen MR) is 150 cm³/mol. The number of para-hydroxylation sites is 1. The van der Waals surface area contributed by atoms with E-state index in [4.69, 9.17) is 0 Å². The number of fused-ring (bicyclic) bond motifs is 6. The van der Waals surface area contributed by atoms with Crippen LogP contribution >= 0.6 is 0 Å². The van der Waals surface area contributed by atoms with Crippen molar-refractivity contribution in [3.05, 3.63) is 101 Å². The van der Waals surface area contributed by atoms with Crippen LogP contribution < -0.4 is 10.2 Å². The van der Waals surface area contributed by atoms with Gasteiger partial charge < -0.3 is 10.2 Å². The number of anilines is 2. The molecule has 3 aliphatic heterocycles. The molecular weight excluding hydrogens is 472 g/mol. The smallest absolute Gasteiger partial charge is 0.238 e. The topological polar surface area (TPSA) is 66.5 Å². The average Bonchev–Trinajstić information content (AvgIpc) is 3.36. The Labute approximate surface area is 223 Å². The van der Waals surface area contributed by atoms with Crippen LogP contribution in [0.4, 0.5) is 11.4 Å². The number of benzene rings is 3. The number of nitrogens with zero attached hydrogens (tertiary/aromatic N) is 1. The van der Waals surface area contributed by atoms with Crippen molar-refractivity contribution in [1.29, 1.82) is 0 Å². The van der Waals surface area contributed by atoms with Gasteiger partial charge >= 0.3 is 0 Å². The molecule has 5 nitrogen and oxygen atoms in total. The molecule has 192 valence electrons. The Balaban J connectivity index is 1.71. The Kier molecular flexibility index (Phi) is 5.29. The molecule has 1 saturated heterocycles. The number of carbonyl (C=O) groups is 3. The zero-order valence-corrected chi connectivity index (χ0v) is 22.4. The Bertz CT molecular complexity index is 1530. The van der Waals surface area contributed by atoms with Gasteiger partial charge in [0.2, 0.25) is 5.91 Å². The minimum Gasteiger partial charge on any atom is -0.352 e. The van der Waals surface area contributed by atoms with E-state index >= 15 is 0 Å². The van der Waals surface area contributed by atoms with Crippen molar-refractivity contribution >= 4 is 34.4 Å². The van der Waals surface area contributed by atoms with Crippen LogP contribution in [0.15, 0.2) is 78.9 Å². The van der Waals surface area contributed by atoms with Gasteiger partial charge in [-0.2, -0.15) is 0 Å². The third-order valence-electron chi connectivity index (χ3n) is 8.48. The standard InChI is InChI=1S/C33H32N2O3/c1-19-15-16-25-22(17-19)20(2)18-26-33(23-13-9-10-14-24(23)34-31(33)38)27(29(36)21-11-7-6-8-12-21)28(35(25)26)30(37)32(3,4)5/h6-18,26-28H,1-5H3,(H,34,38)/t26-,27+,28-,33-/m0/s1. The maximum Gasteiger partial charge on any atom is 0.238 e. The van der Waals surface area contributed by atoms with E-state index in [0.29, 0.717) is 11.3 Å². The van der Waals surface area contributed by atoms with Crippen LogP contribution in [0, 0.1) is 18.3 Å². The molecule has 1 spiro atoms. The van der Waals surface area contributed by atoms with E-state index in [9.17, 15) is 14.4 Å². The van der Waals surface area contributed by atoms with E-state index in [0.717, 1.165) is 28.0 Å². The number of allylic oxidation sites excluding steroid dienone is 1. The van der Waals surface area contributed by atoms with E-state index in [2.05, 4.69) is 29.3 Å². The summed E-state index contributed by atoms with van der Waals surface area (Å²) in [4.78, 5) is 45.5. The largest absolute Gasteiger partial charge is 0.352 e. The number of amides is 1. The van der Waals surface area contributed by atoms with E-state index in [1.807, 2.05) is 82.3 Å². The van der Waals surface area contributed by atoms with E-state index in [1.165, 1.54) is 0 Å². The molecule has 1 fully saturated rings. The zero-order chi connectivity index (χ0) is 27.0. The second-order valence-electron chi connectivity index (χ2n) is 11.9. The van der Waals surface area contributed by atoms with Crippen LogP contribution in [0.25, 0.3) is 5.57 Å². The fraction of sp³-hybridized carbons (Fsp3) is 0.303. The van der Waals surface area contributed by atoms with Crippen LogP contribution in [0.2, 0.25) is 0 Å². The van der Waals surface area contributed by atoms with Crippen molar-refractivity contribution in [2.75, 3.05) is 10.2 Å². The van der Waals surface area contributed by atoms with Gasteiger partial charge in [0.1, 0.15) is 11.5 Å². The van der Waals surface area contributed by atoms with Gasteiger partial charge in [-0.15, -0.1) is 0 Å². The second kappa shape index (κ2) is 8.26. The zero-order valence-electron chi connectivity index (χ0n) is 22.4. The molecule has 0 aliphatic carbocycles. The Morgan fingerprint density at radius 2 is 1.61 bits per heavy atom. The highest BCUT2D eigenvalue weighted by Crippen LogP contribution is 2.59. The summed E-state index contributed by atoms with van der Waals surface area (Å²) in [6.07, 6.45) is 2.10. The molecule has 1 N–H and O–H groups in total. The van der Waals surface area contributed by atoms with Gasteiger partial charge in [0, 0.05) is 27.9 Å². The molecule has 1 amide bonds. The first-order valence-electron chi connectivity index (χ1n) is 13.2. The molecule has 3 aromatic rings. The maximum absolute atomic E-state index is 14.6. The van der Waals surface area contributed by atoms with Gasteiger partial charge in [0.25, 0.3) is 0 Å². The minimum atomic E-state index is -1.26. The summed E-state index contributed by atoms with van der Waals surface area (Å²) in [5.41, 5.74) is 4.06. The number of ketones is 2. The summed E-state index contributed by atoms with van der Waals surface area (Å²) < 4.78 is 0. The molecule has 4 atom stereocenters. The molecule has 0 unspecified atom stereocenters. The lowest BCUT2D eigenvalue weighted by Crippen LogP contribution is -2.51. The molecule has 0 saturated carbocycles. The lowest BCUT2D eigenvalue weighted by Gasteiger charge is -2.40. The summed E-state index contributed by atoms with van der Waals surface area (Å²) in [5.74, 6) is -1.38. The summed E-state index contributed by atoms with van der Waals surface area (Å²) >= 11 is 0. The lowest BCUT2D eigenvalue weighted by atomic mass is 9.63. The average molecular weight is 505 g/mol. The van der Waals surface area contributed by atoms with Gasteiger partial charge in [0.05, 0.1) is 12.0 Å². The van der Waals surface area contributed by atoms with E-state index in [1.54, 1.807) is 12.1 Å². The van der Waals surface area contributed by atoms with Crippen molar-refractivity contribution in [1.82, 2.24) is 0 Å². The second-order valence-corrected chi connectivity index (χ2v) is 11.9. The first kappa shape index (κ1) is 24.4. The van der Waals surface area contributed by atoms with Crippen molar-refractivity contribution in [2.45, 2.75) is 52.1 Å². The van der Waals surface area contributed by atoms with Crippen LogP contribution in [-0.2, 0) is 15.0 Å². The highest BCUT2D eigenvalue weighted by molar-refractivity contribution is 6.17. The fourth-order valence-electron chi connectivity index (χ4n) is 6.77. The summed E-state index contributed by atoms with van der Waals surface area (Å²) in [6, 6.07) is 21.6. The van der Waals surface area contributed by atoms with Gasteiger partial charge in [-0.3, -0.25) is 14.4 Å². The van der Waals surface area contributed by atoms with Gasteiger partial charge in [-0.05, 0) is 43.2 Å². The molecule has 0 radical (unpaired) electrons. The number of aryl methyl sites for hydroxylation is 1. The van der Waals surface area contributed by atoms with Crippen LogP contribution in [0.1, 0.15) is 54.7 Å². The Hall–Kier alpha value is -3.99. The monoisotopic (exact) mass is 504 g/mol. The normalized spacial score (nSPS) is 25.4. The number of rotatable bonds is 3. The Morgan fingerprint density at radius 3 is 2.32 bits per heavy atom. The molecule has 5 heteroatoms. The molecule has 0 aromatic heterocycles. The molecule has 38 heavy (non-hydrogen) atoms. The first-order valence-corrected chi connectivity index (χ1v) is 13.2. The SMILES string of the molecule is CC1=C[C@@H]2N(c3ccc(C)cc31)[C@H](C(=O)C(C)(C)C)[C@H](C(=O)c1ccccc1)[C@@]21C(=O)Nc2ccccc21. The summed E-state index contributed by atoms with van der Waals surface area (Å²) in [5, 5.41) is 3.09. The maximum atomic E-state index is 14.6. The van der Waals surface area contributed by atoms with Gasteiger partial charge in [-0.25, -0.2) is 0 Å². The quantitative estimate of drug-likeness (QED) is 0.446. The number of hydrogen-bond donors (Lipinski definition) is 1.